The Hall–Kier alpha value is -0.590. The highest BCUT2D eigenvalue weighted by atomic mass is 32.1. The fraction of sp³-hybridized carbons (Fsp3) is 0.769. The van der Waals surface area contributed by atoms with Gasteiger partial charge >= 0.3 is 0 Å². The van der Waals surface area contributed by atoms with Gasteiger partial charge in [-0.2, -0.15) is 0 Å². The number of halogens is 2. The number of hydrogen-bond donors (Lipinski definition) is 1. The van der Waals surface area contributed by atoms with Crippen molar-refractivity contribution < 1.29 is 13.5 Å². The van der Waals surface area contributed by atoms with Crippen LogP contribution < -0.4 is 5.32 Å². The van der Waals surface area contributed by atoms with Crippen molar-refractivity contribution in [2.45, 2.75) is 51.6 Å². The van der Waals surface area contributed by atoms with E-state index in [0.717, 1.165) is 23.7 Å². The van der Waals surface area contributed by atoms with Gasteiger partial charge in [0.05, 0.1) is 17.3 Å². The minimum Gasteiger partial charge on any atom is -0.375 e. The largest absolute Gasteiger partial charge is 0.375 e. The predicted molar refractivity (Wildman–Crippen MR) is 71.9 cm³/mol. The van der Waals surface area contributed by atoms with E-state index in [1.807, 2.05) is 0 Å². The molecule has 0 bridgehead atoms. The van der Waals surface area contributed by atoms with Crippen LogP contribution in [-0.2, 0) is 24.1 Å². The second kappa shape index (κ2) is 7.26. The van der Waals surface area contributed by atoms with Crippen molar-refractivity contribution in [3.63, 3.8) is 0 Å². The molecule has 1 heterocycles. The molecule has 19 heavy (non-hydrogen) atoms. The van der Waals surface area contributed by atoms with Crippen LogP contribution in [0.4, 0.5) is 8.78 Å². The number of aromatic nitrogens is 1. The van der Waals surface area contributed by atoms with Crippen molar-refractivity contribution in [1.82, 2.24) is 10.3 Å². The number of nitrogens with zero attached hydrogens (tertiary/aromatic N) is 1. The SMILES string of the molecule is CCc1nc(CCOCC(F)F)sc1CNC1CC1. The molecule has 1 aromatic heterocycles. The van der Waals surface area contributed by atoms with Crippen molar-refractivity contribution in [3.05, 3.63) is 15.6 Å². The van der Waals surface area contributed by atoms with Gasteiger partial charge in [0.15, 0.2) is 0 Å². The Balaban J connectivity index is 1.79. The quantitative estimate of drug-likeness (QED) is 0.710. The molecule has 1 aliphatic rings. The molecule has 0 amide bonds. The molecule has 6 heteroatoms. The van der Waals surface area contributed by atoms with Crippen LogP contribution in [0.15, 0.2) is 0 Å². The van der Waals surface area contributed by atoms with Gasteiger partial charge in [0.2, 0.25) is 0 Å². The molecular formula is C13H20F2N2OS. The number of aryl methyl sites for hydroxylation is 1. The zero-order chi connectivity index (χ0) is 13.7. The standard InChI is InChI=1S/C13H20F2N2OS/c1-2-10-11(7-16-9-3-4-9)19-13(17-10)5-6-18-8-12(14)15/h9,12,16H,2-8H2,1H3. The minimum atomic E-state index is -2.39. The van der Waals surface area contributed by atoms with Crippen molar-refractivity contribution in [1.29, 1.82) is 0 Å². The molecule has 1 fully saturated rings. The highest BCUT2D eigenvalue weighted by Gasteiger charge is 2.21. The fourth-order valence-corrected chi connectivity index (χ4v) is 2.90. The first-order chi connectivity index (χ1) is 9.19. The molecule has 0 saturated heterocycles. The van der Waals surface area contributed by atoms with Crippen LogP contribution in [-0.4, -0.2) is 30.7 Å². The lowest BCUT2D eigenvalue weighted by molar-refractivity contribution is 0.0187. The van der Waals surface area contributed by atoms with Gasteiger partial charge in [-0.25, -0.2) is 13.8 Å². The minimum absolute atomic E-state index is 0.316. The summed E-state index contributed by atoms with van der Waals surface area (Å²) in [5, 5.41) is 4.47. The number of ether oxygens (including phenoxy) is 1. The molecule has 1 aromatic rings. The summed E-state index contributed by atoms with van der Waals surface area (Å²) < 4.78 is 28.7. The summed E-state index contributed by atoms with van der Waals surface area (Å²) in [7, 11) is 0. The van der Waals surface area contributed by atoms with Gasteiger partial charge in [-0.1, -0.05) is 6.92 Å². The van der Waals surface area contributed by atoms with Crippen molar-refractivity contribution in [2.75, 3.05) is 13.2 Å². The molecule has 1 saturated carbocycles. The van der Waals surface area contributed by atoms with Crippen LogP contribution in [0.3, 0.4) is 0 Å². The Morgan fingerprint density at radius 2 is 2.26 bits per heavy atom. The molecule has 0 aromatic carbocycles. The van der Waals surface area contributed by atoms with E-state index in [9.17, 15) is 8.78 Å². The summed E-state index contributed by atoms with van der Waals surface area (Å²) >= 11 is 1.67. The second-order valence-electron chi connectivity index (χ2n) is 4.70. The topological polar surface area (TPSA) is 34.1 Å². The van der Waals surface area contributed by atoms with Crippen LogP contribution >= 0.6 is 11.3 Å². The van der Waals surface area contributed by atoms with E-state index in [0.29, 0.717) is 19.1 Å². The van der Waals surface area contributed by atoms with Gasteiger partial charge in [-0.15, -0.1) is 11.3 Å². The Bertz CT molecular complexity index is 394. The van der Waals surface area contributed by atoms with Crippen molar-refractivity contribution in [3.8, 4) is 0 Å². The number of alkyl halides is 2. The molecular weight excluding hydrogens is 270 g/mol. The summed E-state index contributed by atoms with van der Waals surface area (Å²) in [6, 6.07) is 0.685. The van der Waals surface area contributed by atoms with Crippen LogP contribution in [0.1, 0.15) is 35.3 Å². The molecule has 0 radical (unpaired) electrons. The van der Waals surface area contributed by atoms with Gasteiger partial charge in [0.1, 0.15) is 6.61 Å². The van der Waals surface area contributed by atoms with Gasteiger partial charge in [-0.05, 0) is 19.3 Å². The smallest absolute Gasteiger partial charge is 0.261 e. The summed E-state index contributed by atoms with van der Waals surface area (Å²) in [6.45, 7) is 2.80. The second-order valence-corrected chi connectivity index (χ2v) is 5.87. The summed E-state index contributed by atoms with van der Waals surface area (Å²) in [5.74, 6) is 0. The molecule has 3 nitrogen and oxygen atoms in total. The van der Waals surface area contributed by atoms with E-state index < -0.39 is 13.0 Å². The Morgan fingerprint density at radius 1 is 1.47 bits per heavy atom. The predicted octanol–water partition coefficient (Wildman–Crippen LogP) is 2.78. The molecule has 0 unspecified atom stereocenters. The zero-order valence-electron chi connectivity index (χ0n) is 11.1. The van der Waals surface area contributed by atoms with E-state index >= 15 is 0 Å². The number of nitrogens with one attached hydrogen (secondary N) is 1. The van der Waals surface area contributed by atoms with Crippen LogP contribution in [0.2, 0.25) is 0 Å². The van der Waals surface area contributed by atoms with E-state index in [2.05, 4.69) is 17.2 Å². The van der Waals surface area contributed by atoms with Crippen LogP contribution in [0, 0.1) is 0 Å². The lowest BCUT2D eigenvalue weighted by Crippen LogP contribution is -2.15. The van der Waals surface area contributed by atoms with Crippen LogP contribution in [0.25, 0.3) is 0 Å². The maximum atomic E-state index is 11.9. The molecule has 2 rings (SSSR count). The van der Waals surface area contributed by atoms with Crippen molar-refractivity contribution >= 4 is 11.3 Å². The van der Waals surface area contributed by atoms with E-state index in [1.165, 1.54) is 17.7 Å². The fourth-order valence-electron chi connectivity index (χ4n) is 1.81. The third-order valence-electron chi connectivity index (χ3n) is 2.99. The highest BCUT2D eigenvalue weighted by molar-refractivity contribution is 7.11. The van der Waals surface area contributed by atoms with E-state index in [-0.39, 0.29) is 0 Å². The lowest BCUT2D eigenvalue weighted by atomic mass is 10.3. The first kappa shape index (κ1) is 14.8. The number of thiazole rings is 1. The summed E-state index contributed by atoms with van der Waals surface area (Å²) in [4.78, 5) is 5.83. The normalized spacial score (nSPS) is 15.4. The number of hydrogen-bond acceptors (Lipinski definition) is 4. The van der Waals surface area contributed by atoms with Gasteiger partial charge in [0, 0.05) is 23.9 Å². The van der Waals surface area contributed by atoms with Crippen molar-refractivity contribution in [2.24, 2.45) is 0 Å². The van der Waals surface area contributed by atoms with Gasteiger partial charge in [-0.3, -0.25) is 0 Å². The first-order valence-electron chi connectivity index (χ1n) is 6.75. The first-order valence-corrected chi connectivity index (χ1v) is 7.57. The molecule has 1 N–H and O–H groups in total. The van der Waals surface area contributed by atoms with E-state index in [1.54, 1.807) is 11.3 Å². The maximum Gasteiger partial charge on any atom is 0.261 e. The molecule has 1 aliphatic carbocycles. The maximum absolute atomic E-state index is 11.9. The average molecular weight is 290 g/mol. The molecule has 0 spiro atoms. The summed E-state index contributed by atoms with van der Waals surface area (Å²) in [6.07, 6.45) is 1.69. The Kier molecular flexibility index (Phi) is 5.66. The zero-order valence-corrected chi connectivity index (χ0v) is 11.9. The molecule has 0 atom stereocenters. The summed E-state index contributed by atoms with van der Waals surface area (Å²) in [5.41, 5.74) is 1.13. The Morgan fingerprint density at radius 3 is 2.89 bits per heavy atom. The number of rotatable bonds is 9. The lowest BCUT2D eigenvalue weighted by Gasteiger charge is -2.01. The highest BCUT2D eigenvalue weighted by Crippen LogP contribution is 2.23. The van der Waals surface area contributed by atoms with Gasteiger partial charge < -0.3 is 10.1 Å². The van der Waals surface area contributed by atoms with Crippen LogP contribution in [0.5, 0.6) is 0 Å². The third kappa shape index (κ3) is 5.12. The average Bonchev–Trinajstić information content (AvgIpc) is 3.12. The Labute approximate surface area is 116 Å². The molecule has 108 valence electrons. The third-order valence-corrected chi connectivity index (χ3v) is 4.15. The molecule has 0 aliphatic heterocycles. The monoisotopic (exact) mass is 290 g/mol. The van der Waals surface area contributed by atoms with E-state index in [4.69, 9.17) is 4.74 Å². The van der Waals surface area contributed by atoms with Gasteiger partial charge in [0.25, 0.3) is 6.43 Å².